The molecule has 102 valence electrons. The van der Waals surface area contributed by atoms with Crippen LogP contribution in [0.4, 0.5) is 0 Å². The van der Waals surface area contributed by atoms with Crippen molar-refractivity contribution in [2.45, 2.75) is 57.9 Å². The topological polar surface area (TPSA) is 12.0 Å². The second kappa shape index (κ2) is 10.3. The third kappa shape index (κ3) is 6.97. The monoisotopic (exact) mass is 265 g/mol. The zero-order chi connectivity index (χ0) is 13.1. The number of thiophene rings is 1. The lowest BCUT2D eigenvalue weighted by Crippen LogP contribution is -2.31. The van der Waals surface area contributed by atoms with Gasteiger partial charge in [0.2, 0.25) is 0 Å². The average molecular weight is 265 g/mol. The van der Waals surface area contributed by atoms with Crippen molar-refractivity contribution in [1.29, 1.82) is 0 Å². The molecule has 18 heavy (non-hydrogen) atoms. The van der Waals surface area contributed by atoms with E-state index in [4.69, 9.17) is 0 Å². The molecule has 2 heteroatoms. The number of allylic oxidation sites excluding steroid dienone is 1. The Hall–Kier alpha value is -0.600. The maximum absolute atomic E-state index is 3.77. The quantitative estimate of drug-likeness (QED) is 0.448. The third-order valence-corrected chi connectivity index (χ3v) is 4.07. The summed E-state index contributed by atoms with van der Waals surface area (Å²) >= 11 is 1.88. The van der Waals surface area contributed by atoms with Gasteiger partial charge in [-0.1, -0.05) is 31.9 Å². The van der Waals surface area contributed by atoms with Crippen LogP contribution in [0.5, 0.6) is 0 Å². The fourth-order valence-electron chi connectivity index (χ4n) is 2.15. The van der Waals surface area contributed by atoms with E-state index in [9.17, 15) is 0 Å². The van der Waals surface area contributed by atoms with Crippen molar-refractivity contribution in [2.75, 3.05) is 6.54 Å². The molecule has 1 aromatic rings. The largest absolute Gasteiger partial charge is 0.314 e. The molecule has 1 N–H and O–H groups in total. The van der Waals surface area contributed by atoms with Gasteiger partial charge in [-0.05, 0) is 50.1 Å². The summed E-state index contributed by atoms with van der Waals surface area (Å²) in [5.41, 5.74) is 0. The molecule has 0 spiro atoms. The maximum Gasteiger partial charge on any atom is 0.0115 e. The van der Waals surface area contributed by atoms with Gasteiger partial charge in [-0.25, -0.2) is 0 Å². The van der Waals surface area contributed by atoms with Crippen LogP contribution in [-0.4, -0.2) is 12.6 Å². The Morgan fingerprint density at radius 3 is 2.94 bits per heavy atom. The molecule has 0 amide bonds. The second-order valence-electron chi connectivity index (χ2n) is 4.86. The summed E-state index contributed by atoms with van der Waals surface area (Å²) in [6, 6.07) is 5.07. The van der Waals surface area contributed by atoms with Crippen LogP contribution in [0, 0.1) is 0 Å². The molecule has 0 aromatic carbocycles. The first-order valence-electron chi connectivity index (χ1n) is 7.23. The molecular formula is C16H27NS. The molecule has 1 heterocycles. The minimum absolute atomic E-state index is 0.660. The van der Waals surface area contributed by atoms with Crippen LogP contribution in [-0.2, 0) is 6.42 Å². The van der Waals surface area contributed by atoms with Gasteiger partial charge in [0.05, 0.1) is 0 Å². The van der Waals surface area contributed by atoms with Crippen molar-refractivity contribution in [3.05, 3.63) is 35.0 Å². The molecule has 0 radical (unpaired) electrons. The van der Waals surface area contributed by atoms with Gasteiger partial charge in [-0.15, -0.1) is 17.9 Å². The summed E-state index contributed by atoms with van der Waals surface area (Å²) in [4.78, 5) is 1.51. The Morgan fingerprint density at radius 2 is 2.28 bits per heavy atom. The Labute approximate surface area is 116 Å². The van der Waals surface area contributed by atoms with E-state index in [2.05, 4.69) is 36.3 Å². The van der Waals surface area contributed by atoms with Crippen LogP contribution in [0.15, 0.2) is 30.2 Å². The molecule has 0 aliphatic carbocycles. The standard InChI is InChI=1S/C16H27NS/c1-3-5-6-7-8-10-15(17-12-4-2)14-16-11-9-13-18-16/h3,9,11,13,15,17H,1,4-8,10,12,14H2,2H3. The first-order chi connectivity index (χ1) is 8.86. The molecule has 1 rings (SSSR count). The molecule has 0 saturated carbocycles. The number of nitrogens with one attached hydrogen (secondary N) is 1. The van der Waals surface area contributed by atoms with Gasteiger partial charge >= 0.3 is 0 Å². The Bertz CT molecular complexity index is 292. The lowest BCUT2D eigenvalue weighted by atomic mass is 10.0. The van der Waals surface area contributed by atoms with E-state index in [0.29, 0.717) is 6.04 Å². The fourth-order valence-corrected chi connectivity index (χ4v) is 2.94. The van der Waals surface area contributed by atoms with Gasteiger partial charge in [-0.2, -0.15) is 0 Å². The minimum atomic E-state index is 0.660. The normalized spacial score (nSPS) is 12.5. The van der Waals surface area contributed by atoms with Crippen molar-refractivity contribution >= 4 is 11.3 Å². The Kier molecular flexibility index (Phi) is 8.87. The highest BCUT2D eigenvalue weighted by Crippen LogP contribution is 2.15. The SMILES string of the molecule is C=CCCCCCC(Cc1cccs1)NCCC. The molecule has 1 atom stereocenters. The summed E-state index contributed by atoms with van der Waals surface area (Å²) in [6.07, 6.45) is 10.9. The van der Waals surface area contributed by atoms with Crippen molar-refractivity contribution in [3.8, 4) is 0 Å². The molecule has 0 bridgehead atoms. The van der Waals surface area contributed by atoms with Crippen molar-refractivity contribution in [2.24, 2.45) is 0 Å². The zero-order valence-electron chi connectivity index (χ0n) is 11.7. The molecule has 0 saturated heterocycles. The number of unbranched alkanes of at least 4 members (excludes halogenated alkanes) is 3. The highest BCUT2D eigenvalue weighted by atomic mass is 32.1. The molecule has 1 aromatic heterocycles. The zero-order valence-corrected chi connectivity index (χ0v) is 12.5. The van der Waals surface area contributed by atoms with Crippen LogP contribution < -0.4 is 5.32 Å². The van der Waals surface area contributed by atoms with E-state index in [1.165, 1.54) is 43.4 Å². The van der Waals surface area contributed by atoms with Crippen LogP contribution in [0.1, 0.15) is 50.3 Å². The van der Waals surface area contributed by atoms with Gasteiger partial charge in [0.15, 0.2) is 0 Å². The molecule has 0 aliphatic rings. The summed E-state index contributed by atoms with van der Waals surface area (Å²) < 4.78 is 0. The summed E-state index contributed by atoms with van der Waals surface area (Å²) in [7, 11) is 0. The predicted molar refractivity (Wildman–Crippen MR) is 83.4 cm³/mol. The van der Waals surface area contributed by atoms with Gasteiger partial charge in [0, 0.05) is 10.9 Å². The first-order valence-corrected chi connectivity index (χ1v) is 8.11. The third-order valence-electron chi connectivity index (χ3n) is 3.17. The molecule has 0 fully saturated rings. The van der Waals surface area contributed by atoms with Gasteiger partial charge in [0.1, 0.15) is 0 Å². The number of rotatable bonds is 11. The second-order valence-corrected chi connectivity index (χ2v) is 5.89. The molecular weight excluding hydrogens is 238 g/mol. The molecule has 1 unspecified atom stereocenters. The lowest BCUT2D eigenvalue weighted by Gasteiger charge is -2.17. The van der Waals surface area contributed by atoms with Gasteiger partial charge in [0.25, 0.3) is 0 Å². The van der Waals surface area contributed by atoms with Gasteiger partial charge < -0.3 is 5.32 Å². The fraction of sp³-hybridized carbons (Fsp3) is 0.625. The van der Waals surface area contributed by atoms with Crippen molar-refractivity contribution in [1.82, 2.24) is 5.32 Å². The minimum Gasteiger partial charge on any atom is -0.314 e. The smallest absolute Gasteiger partial charge is 0.0115 e. The maximum atomic E-state index is 3.77. The van der Waals surface area contributed by atoms with Crippen LogP contribution >= 0.6 is 11.3 Å². The first kappa shape index (κ1) is 15.5. The summed E-state index contributed by atoms with van der Waals surface area (Å²) in [5.74, 6) is 0. The Balaban J connectivity index is 2.24. The average Bonchev–Trinajstić information content (AvgIpc) is 2.88. The highest BCUT2D eigenvalue weighted by Gasteiger charge is 2.08. The van der Waals surface area contributed by atoms with Gasteiger partial charge in [-0.3, -0.25) is 0 Å². The Morgan fingerprint density at radius 1 is 1.39 bits per heavy atom. The van der Waals surface area contributed by atoms with E-state index in [-0.39, 0.29) is 0 Å². The number of hydrogen-bond donors (Lipinski definition) is 1. The van der Waals surface area contributed by atoms with E-state index in [1.807, 2.05) is 17.4 Å². The highest BCUT2D eigenvalue weighted by molar-refractivity contribution is 7.09. The van der Waals surface area contributed by atoms with Crippen LogP contribution in [0.3, 0.4) is 0 Å². The summed E-state index contributed by atoms with van der Waals surface area (Å²) in [6.45, 7) is 7.15. The van der Waals surface area contributed by atoms with E-state index in [1.54, 1.807) is 0 Å². The van der Waals surface area contributed by atoms with Crippen molar-refractivity contribution < 1.29 is 0 Å². The van der Waals surface area contributed by atoms with E-state index in [0.717, 1.165) is 13.0 Å². The molecule has 0 aliphatic heterocycles. The van der Waals surface area contributed by atoms with Crippen LogP contribution in [0.25, 0.3) is 0 Å². The van der Waals surface area contributed by atoms with E-state index >= 15 is 0 Å². The lowest BCUT2D eigenvalue weighted by molar-refractivity contribution is 0.456. The van der Waals surface area contributed by atoms with E-state index < -0.39 is 0 Å². The number of hydrogen-bond acceptors (Lipinski definition) is 2. The molecule has 1 nitrogen and oxygen atoms in total. The van der Waals surface area contributed by atoms with Crippen LogP contribution in [0.2, 0.25) is 0 Å². The summed E-state index contributed by atoms with van der Waals surface area (Å²) in [5, 5.41) is 5.86. The predicted octanol–water partition coefficient (Wildman–Crippen LogP) is 4.80. The van der Waals surface area contributed by atoms with Crippen molar-refractivity contribution in [3.63, 3.8) is 0 Å².